The Labute approximate surface area is 132 Å². The molecule has 2 rings (SSSR count). The molecule has 0 atom stereocenters. The van der Waals surface area contributed by atoms with Crippen LogP contribution in [0.5, 0.6) is 11.5 Å². The second-order valence-electron chi connectivity index (χ2n) is 4.23. The summed E-state index contributed by atoms with van der Waals surface area (Å²) >= 11 is 5.27. The van der Waals surface area contributed by atoms with Crippen LogP contribution in [0.15, 0.2) is 34.8 Å². The minimum atomic E-state index is 0.585. The quantitative estimate of drug-likeness (QED) is 0.806. The molecule has 0 aliphatic heterocycles. The Bertz CT molecular complexity index is 557. The lowest BCUT2D eigenvalue weighted by atomic mass is 10.3. The average molecular weight is 356 g/mol. The van der Waals surface area contributed by atoms with Crippen molar-refractivity contribution in [2.24, 2.45) is 0 Å². The van der Waals surface area contributed by atoms with E-state index in [1.807, 2.05) is 18.2 Å². The zero-order valence-electron chi connectivity index (χ0n) is 11.6. The third-order valence-corrected chi connectivity index (χ3v) is 4.45. The highest BCUT2D eigenvalue weighted by Crippen LogP contribution is 2.30. The molecule has 1 aromatic heterocycles. The Balaban J connectivity index is 1.93. The number of hydrogen-bond acceptors (Lipinski definition) is 4. The van der Waals surface area contributed by atoms with Crippen molar-refractivity contribution < 1.29 is 9.47 Å². The van der Waals surface area contributed by atoms with E-state index >= 15 is 0 Å². The first-order valence-corrected chi connectivity index (χ1v) is 8.08. The summed E-state index contributed by atoms with van der Waals surface area (Å²) in [6.07, 6.45) is 0. The fourth-order valence-electron chi connectivity index (χ4n) is 1.72. The van der Waals surface area contributed by atoms with Gasteiger partial charge in [0.25, 0.3) is 0 Å². The zero-order valence-corrected chi connectivity index (χ0v) is 14.0. The molecule has 0 saturated carbocycles. The van der Waals surface area contributed by atoms with E-state index in [0.717, 1.165) is 29.1 Å². The molecule has 0 saturated heterocycles. The normalized spacial score (nSPS) is 10.6. The smallest absolute Gasteiger partial charge is 0.134 e. The van der Waals surface area contributed by atoms with Crippen molar-refractivity contribution in [2.75, 3.05) is 13.7 Å². The van der Waals surface area contributed by atoms with Crippen LogP contribution < -0.4 is 14.8 Å². The molecule has 1 N–H and O–H groups in total. The van der Waals surface area contributed by atoms with Crippen molar-refractivity contribution in [3.63, 3.8) is 0 Å². The second-order valence-corrected chi connectivity index (χ2v) is 6.34. The van der Waals surface area contributed by atoms with Crippen molar-refractivity contribution in [2.45, 2.75) is 20.1 Å². The fourth-order valence-corrected chi connectivity index (χ4v) is 3.09. The molecule has 0 aliphatic carbocycles. The summed E-state index contributed by atoms with van der Waals surface area (Å²) in [6.45, 7) is 4.61. The number of methoxy groups -OCH3 is 1. The topological polar surface area (TPSA) is 30.5 Å². The molecule has 1 heterocycles. The number of rotatable bonds is 7. The molecule has 108 valence electrons. The third kappa shape index (κ3) is 4.23. The standard InChI is InChI=1S/C15H18BrNO2S/c1-3-17-9-12-5-6-13(20-12)10-19-15-7-4-11(18-2)8-14(15)16/h4-8,17H,3,9-10H2,1-2H3. The summed E-state index contributed by atoms with van der Waals surface area (Å²) in [4.78, 5) is 2.56. The molecule has 20 heavy (non-hydrogen) atoms. The molecular formula is C15H18BrNO2S. The average Bonchev–Trinajstić information content (AvgIpc) is 2.91. The van der Waals surface area contributed by atoms with Gasteiger partial charge in [-0.3, -0.25) is 0 Å². The Morgan fingerprint density at radius 1 is 1.20 bits per heavy atom. The molecule has 0 bridgehead atoms. The summed E-state index contributed by atoms with van der Waals surface area (Å²) in [5.74, 6) is 1.64. The number of benzene rings is 1. The van der Waals surface area contributed by atoms with E-state index in [1.54, 1.807) is 18.4 Å². The van der Waals surface area contributed by atoms with E-state index in [0.29, 0.717) is 6.61 Å². The van der Waals surface area contributed by atoms with Crippen LogP contribution in [-0.2, 0) is 13.2 Å². The number of hydrogen-bond donors (Lipinski definition) is 1. The monoisotopic (exact) mass is 355 g/mol. The van der Waals surface area contributed by atoms with E-state index < -0.39 is 0 Å². The Morgan fingerprint density at radius 2 is 2.00 bits per heavy atom. The Kier molecular flexibility index (Phi) is 5.88. The molecule has 0 aliphatic rings. The maximum Gasteiger partial charge on any atom is 0.134 e. The molecule has 0 radical (unpaired) electrons. The van der Waals surface area contributed by atoms with Gasteiger partial charge in [-0.05, 0) is 52.8 Å². The Morgan fingerprint density at radius 3 is 2.70 bits per heavy atom. The molecule has 1 aromatic carbocycles. The van der Waals surface area contributed by atoms with Gasteiger partial charge in [-0.2, -0.15) is 0 Å². The van der Waals surface area contributed by atoms with Crippen LogP contribution in [0.4, 0.5) is 0 Å². The van der Waals surface area contributed by atoms with E-state index in [1.165, 1.54) is 9.75 Å². The fraction of sp³-hybridized carbons (Fsp3) is 0.333. The van der Waals surface area contributed by atoms with Crippen molar-refractivity contribution in [1.29, 1.82) is 0 Å². The lowest BCUT2D eigenvalue weighted by Gasteiger charge is -2.08. The highest BCUT2D eigenvalue weighted by molar-refractivity contribution is 9.10. The number of nitrogens with one attached hydrogen (secondary N) is 1. The van der Waals surface area contributed by atoms with Crippen LogP contribution in [-0.4, -0.2) is 13.7 Å². The molecule has 2 aromatic rings. The third-order valence-electron chi connectivity index (χ3n) is 2.78. The highest BCUT2D eigenvalue weighted by Gasteiger charge is 2.05. The van der Waals surface area contributed by atoms with Gasteiger partial charge in [-0.25, -0.2) is 0 Å². The van der Waals surface area contributed by atoms with Crippen LogP contribution in [0.2, 0.25) is 0 Å². The minimum Gasteiger partial charge on any atom is -0.497 e. The van der Waals surface area contributed by atoms with Crippen molar-refractivity contribution in [1.82, 2.24) is 5.32 Å². The van der Waals surface area contributed by atoms with Crippen LogP contribution in [0, 0.1) is 0 Å². The molecular weight excluding hydrogens is 338 g/mol. The van der Waals surface area contributed by atoms with Gasteiger partial charge in [-0.15, -0.1) is 11.3 Å². The minimum absolute atomic E-state index is 0.585. The summed E-state index contributed by atoms with van der Waals surface area (Å²) in [7, 11) is 1.65. The first kappa shape index (κ1) is 15.4. The summed E-state index contributed by atoms with van der Waals surface area (Å²) in [5, 5.41) is 3.32. The maximum absolute atomic E-state index is 5.83. The van der Waals surface area contributed by atoms with Gasteiger partial charge in [0.1, 0.15) is 18.1 Å². The summed E-state index contributed by atoms with van der Waals surface area (Å²) in [6, 6.07) is 9.98. The van der Waals surface area contributed by atoms with Gasteiger partial charge in [0.05, 0.1) is 11.6 Å². The largest absolute Gasteiger partial charge is 0.497 e. The maximum atomic E-state index is 5.83. The lowest BCUT2D eigenvalue weighted by Crippen LogP contribution is -2.10. The van der Waals surface area contributed by atoms with E-state index in [4.69, 9.17) is 9.47 Å². The van der Waals surface area contributed by atoms with Gasteiger partial charge in [0, 0.05) is 16.3 Å². The first-order valence-electron chi connectivity index (χ1n) is 6.47. The molecule has 0 fully saturated rings. The van der Waals surface area contributed by atoms with E-state index in [2.05, 4.69) is 40.3 Å². The highest BCUT2D eigenvalue weighted by atomic mass is 79.9. The van der Waals surface area contributed by atoms with Gasteiger partial charge < -0.3 is 14.8 Å². The number of thiophene rings is 1. The van der Waals surface area contributed by atoms with Gasteiger partial charge >= 0.3 is 0 Å². The van der Waals surface area contributed by atoms with Crippen molar-refractivity contribution in [3.8, 4) is 11.5 Å². The molecule has 3 nitrogen and oxygen atoms in total. The number of ether oxygens (including phenoxy) is 2. The molecule has 0 amide bonds. The van der Waals surface area contributed by atoms with E-state index in [-0.39, 0.29) is 0 Å². The van der Waals surface area contributed by atoms with Crippen LogP contribution in [0.25, 0.3) is 0 Å². The van der Waals surface area contributed by atoms with Crippen LogP contribution >= 0.6 is 27.3 Å². The summed E-state index contributed by atoms with van der Waals surface area (Å²) < 4.78 is 11.9. The lowest BCUT2D eigenvalue weighted by molar-refractivity contribution is 0.307. The second kappa shape index (κ2) is 7.67. The Hall–Kier alpha value is -1.04. The van der Waals surface area contributed by atoms with Crippen LogP contribution in [0.3, 0.4) is 0 Å². The zero-order chi connectivity index (χ0) is 14.4. The van der Waals surface area contributed by atoms with Gasteiger partial charge in [-0.1, -0.05) is 6.92 Å². The van der Waals surface area contributed by atoms with Gasteiger partial charge in [0.15, 0.2) is 0 Å². The van der Waals surface area contributed by atoms with Crippen LogP contribution in [0.1, 0.15) is 16.7 Å². The molecule has 5 heteroatoms. The van der Waals surface area contributed by atoms with Crippen molar-refractivity contribution in [3.05, 3.63) is 44.6 Å². The summed E-state index contributed by atoms with van der Waals surface area (Å²) in [5.41, 5.74) is 0. The molecule has 0 spiro atoms. The number of halogens is 1. The SMILES string of the molecule is CCNCc1ccc(COc2ccc(OC)cc2Br)s1. The predicted molar refractivity (Wildman–Crippen MR) is 86.7 cm³/mol. The molecule has 0 unspecified atom stereocenters. The predicted octanol–water partition coefficient (Wildman–Crippen LogP) is 4.21. The van der Waals surface area contributed by atoms with E-state index in [9.17, 15) is 0 Å². The van der Waals surface area contributed by atoms with Crippen molar-refractivity contribution >= 4 is 27.3 Å². The van der Waals surface area contributed by atoms with Gasteiger partial charge in [0.2, 0.25) is 0 Å². The first-order chi connectivity index (χ1) is 9.72.